The number of nitrogens with one attached hydrogen (secondary N) is 1. The van der Waals surface area contributed by atoms with Crippen molar-refractivity contribution in [2.24, 2.45) is 5.92 Å². The lowest BCUT2D eigenvalue weighted by atomic mass is 10.0. The van der Waals surface area contributed by atoms with Gasteiger partial charge in [0.2, 0.25) is 5.91 Å². The lowest BCUT2D eigenvalue weighted by Gasteiger charge is -2.16. The Labute approximate surface area is 82.1 Å². The second-order valence-electron chi connectivity index (χ2n) is 3.89. The first-order valence-corrected chi connectivity index (χ1v) is 5.42. The molecular weight excluding hydrogens is 162 g/mol. The topological polar surface area (TPSA) is 29.1 Å². The Morgan fingerprint density at radius 3 is 2.15 bits per heavy atom. The Hall–Kier alpha value is -0.530. The third-order valence-electron chi connectivity index (χ3n) is 2.28. The molecule has 2 unspecified atom stereocenters. The van der Waals surface area contributed by atoms with Crippen LogP contribution in [0.3, 0.4) is 0 Å². The number of carbonyl (C=O) groups excluding carboxylic acids is 1. The third-order valence-corrected chi connectivity index (χ3v) is 2.28. The van der Waals surface area contributed by atoms with Gasteiger partial charge in [0, 0.05) is 12.0 Å². The zero-order valence-electron chi connectivity index (χ0n) is 9.39. The maximum absolute atomic E-state index is 11.5. The normalized spacial score (nSPS) is 15.1. The first-order chi connectivity index (χ1) is 6.11. The summed E-state index contributed by atoms with van der Waals surface area (Å²) in [5.41, 5.74) is 0. The molecule has 0 radical (unpaired) electrons. The number of hydrogen-bond donors (Lipinski definition) is 1. The van der Waals surface area contributed by atoms with Gasteiger partial charge < -0.3 is 5.32 Å². The van der Waals surface area contributed by atoms with Gasteiger partial charge in [0.15, 0.2) is 0 Å². The zero-order valence-corrected chi connectivity index (χ0v) is 9.39. The molecule has 0 aliphatic heterocycles. The Kier molecular flexibility index (Phi) is 6.65. The van der Waals surface area contributed by atoms with Crippen LogP contribution < -0.4 is 5.32 Å². The lowest BCUT2D eigenvalue weighted by Crippen LogP contribution is -2.36. The van der Waals surface area contributed by atoms with Crippen LogP contribution in [-0.4, -0.2) is 11.9 Å². The molecule has 0 heterocycles. The molecule has 2 atom stereocenters. The highest BCUT2D eigenvalue weighted by Crippen LogP contribution is 2.06. The molecular formula is C11H23NO. The molecule has 0 aromatic carbocycles. The van der Waals surface area contributed by atoms with Crippen molar-refractivity contribution in [1.29, 1.82) is 0 Å². The molecule has 13 heavy (non-hydrogen) atoms. The Morgan fingerprint density at radius 2 is 1.69 bits per heavy atom. The van der Waals surface area contributed by atoms with Crippen molar-refractivity contribution in [2.75, 3.05) is 0 Å². The zero-order chi connectivity index (χ0) is 10.3. The first kappa shape index (κ1) is 12.5. The average Bonchev–Trinajstić information content (AvgIpc) is 2.05. The summed E-state index contributed by atoms with van der Waals surface area (Å²) in [6.45, 7) is 8.31. The third kappa shape index (κ3) is 5.67. The van der Waals surface area contributed by atoms with Crippen molar-refractivity contribution in [3.63, 3.8) is 0 Å². The Morgan fingerprint density at radius 1 is 1.15 bits per heavy atom. The molecule has 0 saturated heterocycles. The second-order valence-corrected chi connectivity index (χ2v) is 3.89. The van der Waals surface area contributed by atoms with Gasteiger partial charge in [-0.1, -0.05) is 33.6 Å². The largest absolute Gasteiger partial charge is 0.353 e. The fourth-order valence-corrected chi connectivity index (χ4v) is 1.45. The van der Waals surface area contributed by atoms with Crippen LogP contribution in [0.2, 0.25) is 0 Å². The summed E-state index contributed by atoms with van der Waals surface area (Å²) in [5, 5.41) is 3.03. The van der Waals surface area contributed by atoms with E-state index in [1.165, 1.54) is 0 Å². The minimum Gasteiger partial charge on any atom is -0.353 e. The monoisotopic (exact) mass is 185 g/mol. The van der Waals surface area contributed by atoms with Crippen LogP contribution in [0.25, 0.3) is 0 Å². The molecule has 0 aromatic rings. The number of amides is 1. The van der Waals surface area contributed by atoms with Gasteiger partial charge in [-0.3, -0.25) is 4.79 Å². The number of rotatable bonds is 6. The highest BCUT2D eigenvalue weighted by atomic mass is 16.1. The average molecular weight is 185 g/mol. The molecule has 0 bridgehead atoms. The summed E-state index contributed by atoms with van der Waals surface area (Å²) < 4.78 is 0. The quantitative estimate of drug-likeness (QED) is 0.677. The molecule has 1 N–H and O–H groups in total. The molecule has 1 amide bonds. The van der Waals surface area contributed by atoms with Gasteiger partial charge in [0.05, 0.1) is 0 Å². The van der Waals surface area contributed by atoms with Crippen molar-refractivity contribution >= 4 is 5.91 Å². The van der Waals surface area contributed by atoms with Gasteiger partial charge in [-0.15, -0.1) is 0 Å². The fraction of sp³-hybridized carbons (Fsp3) is 0.909. The summed E-state index contributed by atoms with van der Waals surface area (Å²) >= 11 is 0. The standard InChI is InChI=1S/C11H23NO/c1-5-7-9(3)11(13)12-10(4)8-6-2/h9-10H,5-8H2,1-4H3,(H,12,13). The molecule has 78 valence electrons. The van der Waals surface area contributed by atoms with Crippen LogP contribution in [0, 0.1) is 5.92 Å². The van der Waals surface area contributed by atoms with E-state index >= 15 is 0 Å². The molecule has 0 spiro atoms. The predicted molar refractivity (Wildman–Crippen MR) is 56.6 cm³/mol. The van der Waals surface area contributed by atoms with Crippen LogP contribution in [-0.2, 0) is 4.79 Å². The van der Waals surface area contributed by atoms with Crippen molar-refractivity contribution in [3.05, 3.63) is 0 Å². The molecule has 0 aliphatic carbocycles. The highest BCUT2D eigenvalue weighted by Gasteiger charge is 2.13. The minimum atomic E-state index is 0.171. The summed E-state index contributed by atoms with van der Waals surface area (Å²) in [7, 11) is 0. The van der Waals surface area contributed by atoms with Crippen LogP contribution in [0.4, 0.5) is 0 Å². The summed E-state index contributed by atoms with van der Waals surface area (Å²) in [6, 6.07) is 0.330. The first-order valence-electron chi connectivity index (χ1n) is 5.42. The molecule has 2 heteroatoms. The number of hydrogen-bond acceptors (Lipinski definition) is 1. The Bertz CT molecular complexity index is 145. The Balaban J connectivity index is 3.71. The summed E-state index contributed by atoms with van der Waals surface area (Å²) in [6.07, 6.45) is 4.27. The second kappa shape index (κ2) is 6.93. The van der Waals surface area contributed by atoms with E-state index in [0.717, 1.165) is 25.7 Å². The molecule has 0 rings (SSSR count). The van der Waals surface area contributed by atoms with E-state index in [9.17, 15) is 4.79 Å². The lowest BCUT2D eigenvalue weighted by molar-refractivity contribution is -0.125. The summed E-state index contributed by atoms with van der Waals surface area (Å²) in [4.78, 5) is 11.5. The molecule has 0 aliphatic rings. The maximum atomic E-state index is 11.5. The molecule has 2 nitrogen and oxygen atoms in total. The van der Waals surface area contributed by atoms with Crippen molar-refractivity contribution in [2.45, 2.75) is 59.4 Å². The maximum Gasteiger partial charge on any atom is 0.223 e. The van der Waals surface area contributed by atoms with Crippen molar-refractivity contribution in [3.8, 4) is 0 Å². The van der Waals surface area contributed by atoms with Gasteiger partial charge in [-0.2, -0.15) is 0 Å². The SMILES string of the molecule is CCCC(C)NC(=O)C(C)CCC. The van der Waals surface area contributed by atoms with E-state index in [1.807, 2.05) is 6.92 Å². The van der Waals surface area contributed by atoms with E-state index in [2.05, 4.69) is 26.1 Å². The molecule has 0 aromatic heterocycles. The van der Waals surface area contributed by atoms with Gasteiger partial charge in [-0.25, -0.2) is 0 Å². The minimum absolute atomic E-state index is 0.171. The van der Waals surface area contributed by atoms with Crippen molar-refractivity contribution in [1.82, 2.24) is 5.32 Å². The van der Waals surface area contributed by atoms with Crippen molar-refractivity contribution < 1.29 is 4.79 Å². The fourth-order valence-electron chi connectivity index (χ4n) is 1.45. The van der Waals surface area contributed by atoms with E-state index < -0.39 is 0 Å². The van der Waals surface area contributed by atoms with E-state index in [4.69, 9.17) is 0 Å². The number of carbonyl (C=O) groups is 1. The predicted octanol–water partition coefficient (Wildman–Crippen LogP) is 2.73. The highest BCUT2D eigenvalue weighted by molar-refractivity contribution is 5.78. The van der Waals surface area contributed by atoms with E-state index in [0.29, 0.717) is 6.04 Å². The summed E-state index contributed by atoms with van der Waals surface area (Å²) in [5.74, 6) is 0.382. The van der Waals surface area contributed by atoms with Crippen LogP contribution in [0.1, 0.15) is 53.4 Å². The smallest absolute Gasteiger partial charge is 0.223 e. The van der Waals surface area contributed by atoms with Crippen LogP contribution in [0.15, 0.2) is 0 Å². The van der Waals surface area contributed by atoms with Gasteiger partial charge in [0.1, 0.15) is 0 Å². The van der Waals surface area contributed by atoms with E-state index in [1.54, 1.807) is 0 Å². The van der Waals surface area contributed by atoms with E-state index in [-0.39, 0.29) is 11.8 Å². The van der Waals surface area contributed by atoms with Gasteiger partial charge in [-0.05, 0) is 19.8 Å². The van der Waals surface area contributed by atoms with Gasteiger partial charge >= 0.3 is 0 Å². The molecule has 0 fully saturated rings. The van der Waals surface area contributed by atoms with Crippen LogP contribution in [0.5, 0.6) is 0 Å². The molecule has 0 saturated carbocycles. The van der Waals surface area contributed by atoms with Gasteiger partial charge in [0.25, 0.3) is 0 Å². The van der Waals surface area contributed by atoms with Crippen LogP contribution >= 0.6 is 0 Å².